The summed E-state index contributed by atoms with van der Waals surface area (Å²) >= 11 is 0. The summed E-state index contributed by atoms with van der Waals surface area (Å²) in [4.78, 5) is 4.73. The van der Waals surface area contributed by atoms with Gasteiger partial charge in [0.1, 0.15) is 5.69 Å². The lowest BCUT2D eigenvalue weighted by Gasteiger charge is -2.26. The molecule has 4 aromatic carbocycles. The van der Waals surface area contributed by atoms with Crippen molar-refractivity contribution in [2.45, 2.75) is 20.7 Å². The molecule has 6 rings (SSSR count). The SMILES string of the molecule is [2H]C([2H])([2H])c1c[n+](C)c(N2B(c3c(-c4ccccc4)cccc3-c3ccccc3)N(C)c3cccc(C)c32)cc1C. The lowest BCUT2D eigenvalue weighted by molar-refractivity contribution is -0.658. The van der Waals surface area contributed by atoms with Gasteiger partial charge in [-0.2, -0.15) is 0 Å². The zero-order chi connectivity index (χ0) is 28.9. The monoisotopic (exact) mass is 497 g/mol. The molecule has 0 amide bonds. The summed E-state index contributed by atoms with van der Waals surface area (Å²) in [5.41, 5.74) is 10.4. The normalized spacial score (nSPS) is 14.2. The van der Waals surface area contributed by atoms with Crippen LogP contribution in [0, 0.1) is 20.7 Å². The molecule has 186 valence electrons. The molecule has 0 unspecified atom stereocenters. The molecule has 0 saturated carbocycles. The maximum absolute atomic E-state index is 8.09. The Hall–Kier alpha value is -4.31. The van der Waals surface area contributed by atoms with Crippen molar-refractivity contribution in [3.8, 4) is 22.3 Å². The Balaban J connectivity index is 1.68. The molecule has 0 atom stereocenters. The number of anilines is 3. The van der Waals surface area contributed by atoms with Gasteiger partial charge in [0.25, 0.3) is 5.82 Å². The van der Waals surface area contributed by atoms with E-state index in [9.17, 15) is 0 Å². The van der Waals surface area contributed by atoms with E-state index in [-0.39, 0.29) is 6.98 Å². The van der Waals surface area contributed by atoms with Crippen LogP contribution in [0.4, 0.5) is 17.2 Å². The van der Waals surface area contributed by atoms with Crippen LogP contribution in [0.25, 0.3) is 22.3 Å². The molecule has 0 saturated heterocycles. The number of aromatic nitrogens is 1. The summed E-state index contributed by atoms with van der Waals surface area (Å²) in [5, 5.41) is 0. The third-order valence-electron chi connectivity index (χ3n) is 7.68. The molecule has 0 radical (unpaired) electrons. The fourth-order valence-electron chi connectivity index (χ4n) is 5.79. The van der Waals surface area contributed by atoms with Gasteiger partial charge in [-0.05, 0) is 72.8 Å². The van der Waals surface area contributed by atoms with Crippen molar-refractivity contribution >= 4 is 29.6 Å². The van der Waals surface area contributed by atoms with Crippen LogP contribution in [-0.2, 0) is 7.05 Å². The summed E-state index contributed by atoms with van der Waals surface area (Å²) < 4.78 is 26.2. The Kier molecular flexibility index (Phi) is 5.20. The summed E-state index contributed by atoms with van der Waals surface area (Å²) in [6.07, 6.45) is 1.77. The standard InChI is InChI=1S/C34H33BN3/c1-24-14-12-21-31-34(24)38(32-22-25(2)26(3)23-36(32)4)35(37(31)5)33-29(27-15-8-6-9-16-27)19-13-20-30(33)28-17-10-7-11-18-28/h6-23H,1-5H3/q+1/i3D3. The second-order valence-electron chi connectivity index (χ2n) is 10.1. The Morgan fingerprint density at radius 2 is 1.32 bits per heavy atom. The maximum Gasteiger partial charge on any atom is 0.538 e. The van der Waals surface area contributed by atoms with Crippen LogP contribution in [0.15, 0.2) is 109 Å². The van der Waals surface area contributed by atoms with Crippen molar-refractivity contribution in [2.24, 2.45) is 7.05 Å². The number of hydrogen-bond donors (Lipinski definition) is 0. The highest BCUT2D eigenvalue weighted by Gasteiger charge is 2.51. The molecule has 2 heterocycles. The summed E-state index contributed by atoms with van der Waals surface area (Å²) in [6.45, 7) is 1.66. The maximum atomic E-state index is 8.09. The van der Waals surface area contributed by atoms with Crippen molar-refractivity contribution in [1.29, 1.82) is 0 Å². The quantitative estimate of drug-likeness (QED) is 0.201. The molecule has 38 heavy (non-hydrogen) atoms. The number of nitrogens with zero attached hydrogens (tertiary/aromatic N) is 3. The molecule has 0 N–H and O–H groups in total. The third-order valence-corrected chi connectivity index (χ3v) is 7.68. The molecule has 4 heteroatoms. The molecule has 0 spiro atoms. The minimum atomic E-state index is -2.18. The number of fused-ring (bicyclic) bond motifs is 1. The predicted octanol–water partition coefficient (Wildman–Crippen LogP) is 6.75. The zero-order valence-electron chi connectivity index (χ0n) is 25.3. The van der Waals surface area contributed by atoms with Crippen LogP contribution in [-0.4, -0.2) is 14.0 Å². The molecule has 1 aromatic heterocycles. The first kappa shape index (κ1) is 20.7. The highest BCUT2D eigenvalue weighted by Crippen LogP contribution is 2.44. The van der Waals surface area contributed by atoms with Gasteiger partial charge in [0.15, 0.2) is 0 Å². The number of hydrogen-bond acceptors (Lipinski definition) is 2. The van der Waals surface area contributed by atoms with E-state index in [1.165, 1.54) is 5.46 Å². The van der Waals surface area contributed by atoms with Crippen molar-refractivity contribution in [1.82, 2.24) is 0 Å². The van der Waals surface area contributed by atoms with Gasteiger partial charge in [-0.15, -0.1) is 0 Å². The van der Waals surface area contributed by atoms with Crippen LogP contribution in [0.3, 0.4) is 0 Å². The number of pyridine rings is 1. The van der Waals surface area contributed by atoms with E-state index in [2.05, 4.69) is 109 Å². The van der Waals surface area contributed by atoms with Gasteiger partial charge < -0.3 is 4.81 Å². The van der Waals surface area contributed by atoms with Gasteiger partial charge in [-0.1, -0.05) is 91.0 Å². The zero-order valence-corrected chi connectivity index (χ0v) is 22.3. The molecule has 5 aromatic rings. The van der Waals surface area contributed by atoms with Crippen molar-refractivity contribution in [2.75, 3.05) is 16.7 Å². The molecule has 1 aliphatic heterocycles. The third kappa shape index (κ3) is 3.88. The number of para-hydroxylation sites is 1. The second-order valence-corrected chi connectivity index (χ2v) is 10.1. The predicted molar refractivity (Wildman–Crippen MR) is 162 cm³/mol. The molecule has 3 nitrogen and oxygen atoms in total. The van der Waals surface area contributed by atoms with Crippen molar-refractivity contribution in [3.63, 3.8) is 0 Å². The van der Waals surface area contributed by atoms with Crippen molar-refractivity contribution < 1.29 is 8.68 Å². The van der Waals surface area contributed by atoms with E-state index in [1.807, 2.05) is 36.7 Å². The molecular formula is C34H33BN3+. The van der Waals surface area contributed by atoms with Gasteiger partial charge in [-0.3, -0.25) is 4.81 Å². The summed E-state index contributed by atoms with van der Waals surface area (Å²) in [7, 11) is 4.10. The molecular weight excluding hydrogens is 461 g/mol. The van der Waals surface area contributed by atoms with E-state index in [0.717, 1.165) is 50.6 Å². The van der Waals surface area contributed by atoms with Gasteiger partial charge in [0, 0.05) is 15.6 Å². The lowest BCUT2D eigenvalue weighted by Crippen LogP contribution is -2.57. The van der Waals surface area contributed by atoms with Crippen LogP contribution < -0.4 is 19.7 Å². The first-order valence-electron chi connectivity index (χ1n) is 14.5. The van der Waals surface area contributed by atoms with Gasteiger partial charge >= 0.3 is 6.98 Å². The summed E-state index contributed by atoms with van der Waals surface area (Å²) in [5.74, 6) is 0.933. The number of aryl methyl sites for hydroxylation is 4. The Bertz CT molecular complexity index is 1680. The Labute approximate surface area is 231 Å². The highest BCUT2D eigenvalue weighted by molar-refractivity contribution is 6.85. The lowest BCUT2D eigenvalue weighted by atomic mass is 9.60. The van der Waals surface area contributed by atoms with E-state index < -0.39 is 6.85 Å². The largest absolute Gasteiger partial charge is 0.538 e. The topological polar surface area (TPSA) is 10.4 Å². The molecule has 0 bridgehead atoms. The van der Waals surface area contributed by atoms with Crippen LogP contribution >= 0.6 is 0 Å². The van der Waals surface area contributed by atoms with Crippen molar-refractivity contribution in [3.05, 3.63) is 126 Å². The number of rotatable bonds is 4. The average molecular weight is 497 g/mol. The Morgan fingerprint density at radius 3 is 1.92 bits per heavy atom. The highest BCUT2D eigenvalue weighted by atomic mass is 15.3. The average Bonchev–Trinajstić information content (AvgIpc) is 3.26. The van der Waals surface area contributed by atoms with Crippen LogP contribution in [0.2, 0.25) is 0 Å². The minimum Gasteiger partial charge on any atom is -0.369 e. The first-order chi connectivity index (χ1) is 19.7. The first-order valence-corrected chi connectivity index (χ1v) is 13.0. The van der Waals surface area contributed by atoms with Gasteiger partial charge in [0.2, 0.25) is 0 Å². The van der Waals surface area contributed by atoms with Crippen LogP contribution in [0.5, 0.6) is 0 Å². The van der Waals surface area contributed by atoms with Gasteiger partial charge in [-0.25, -0.2) is 4.57 Å². The van der Waals surface area contributed by atoms with E-state index in [1.54, 1.807) is 6.20 Å². The molecule has 0 fully saturated rings. The van der Waals surface area contributed by atoms with Gasteiger partial charge in [0.05, 0.1) is 18.9 Å². The van der Waals surface area contributed by atoms with Crippen LogP contribution in [0.1, 0.15) is 20.8 Å². The Morgan fingerprint density at radius 1 is 0.711 bits per heavy atom. The summed E-state index contributed by atoms with van der Waals surface area (Å²) in [6, 6.07) is 36.1. The fraction of sp³-hybridized carbons (Fsp3) is 0.147. The molecule has 1 aliphatic rings. The van der Waals surface area contributed by atoms with E-state index >= 15 is 0 Å². The smallest absolute Gasteiger partial charge is 0.369 e. The minimum absolute atomic E-state index is 0.193. The second kappa shape index (κ2) is 9.53. The van der Waals surface area contributed by atoms with E-state index in [4.69, 9.17) is 4.11 Å². The fourth-order valence-corrected chi connectivity index (χ4v) is 5.79. The molecule has 0 aliphatic carbocycles. The number of benzene rings is 4. The van der Waals surface area contributed by atoms with E-state index in [0.29, 0.717) is 5.56 Å².